The van der Waals surface area contributed by atoms with Crippen LogP contribution in [0.15, 0.2) is 83.7 Å². The number of Topliss-reactive ketones (excluding diaryl/α,β-unsaturated/α-hetero) is 1. The number of aromatic nitrogens is 2. The van der Waals surface area contributed by atoms with E-state index < -0.39 is 0 Å². The number of hydrogen-bond acceptors (Lipinski definition) is 4. The van der Waals surface area contributed by atoms with E-state index in [2.05, 4.69) is 36.1 Å². The molecule has 4 aromatic rings. The van der Waals surface area contributed by atoms with E-state index in [9.17, 15) is 9.59 Å². The maximum atomic E-state index is 13.2. The van der Waals surface area contributed by atoms with Crippen molar-refractivity contribution in [3.05, 3.63) is 100 Å². The van der Waals surface area contributed by atoms with Gasteiger partial charge < -0.3 is 0 Å². The monoisotopic (exact) mass is 437 g/mol. The molecule has 0 spiro atoms. The van der Waals surface area contributed by atoms with Gasteiger partial charge in [-0.3, -0.25) is 14.5 Å². The summed E-state index contributed by atoms with van der Waals surface area (Å²) in [5.74, 6) is 0.256. The second-order valence-electron chi connectivity index (χ2n) is 8.83. The second-order valence-corrected chi connectivity index (χ2v) is 8.83. The summed E-state index contributed by atoms with van der Waals surface area (Å²) in [5, 5.41) is 6.34. The molecule has 3 aromatic carbocycles. The van der Waals surface area contributed by atoms with Gasteiger partial charge in [-0.15, -0.1) is 0 Å². The number of fused-ring (bicyclic) bond motifs is 1. The van der Waals surface area contributed by atoms with Gasteiger partial charge in [0.05, 0.1) is 17.7 Å². The highest BCUT2D eigenvalue weighted by Gasteiger charge is 2.26. The van der Waals surface area contributed by atoms with Crippen molar-refractivity contribution in [3.8, 4) is 11.3 Å². The van der Waals surface area contributed by atoms with Gasteiger partial charge in [-0.05, 0) is 25.8 Å². The van der Waals surface area contributed by atoms with E-state index in [1.165, 1.54) is 5.56 Å². The van der Waals surface area contributed by atoms with Crippen LogP contribution in [0.3, 0.4) is 0 Å². The molecule has 0 saturated carbocycles. The quantitative estimate of drug-likeness (QED) is 0.416. The highest BCUT2D eigenvalue weighted by atomic mass is 16.1. The number of carbonyl (C=O) groups excluding carboxylic acids is 1. The predicted octanol–water partition coefficient (Wildman–Crippen LogP) is 4.92. The zero-order valence-electron chi connectivity index (χ0n) is 18.8. The molecule has 1 aliphatic heterocycles. The van der Waals surface area contributed by atoms with Crippen molar-refractivity contribution >= 4 is 16.6 Å². The molecule has 1 fully saturated rings. The van der Waals surface area contributed by atoms with Crippen molar-refractivity contribution < 1.29 is 4.79 Å². The Labute approximate surface area is 193 Å². The molecule has 0 radical (unpaired) electrons. The molecule has 5 heteroatoms. The van der Waals surface area contributed by atoms with E-state index in [0.29, 0.717) is 12.1 Å². The molecule has 5 rings (SSSR count). The lowest BCUT2D eigenvalue weighted by Gasteiger charge is -2.31. The standard InChI is InChI=1S/C28H27N3O2/c1-20-11-13-21(14-12-20)26-24-9-5-6-10-25(24)28(33)31(29-26)19-30-17-15-23(16-18-30)27(32)22-7-3-2-4-8-22/h2-14,23H,15-19H2,1H3. The lowest BCUT2D eigenvalue weighted by Crippen LogP contribution is -2.40. The Morgan fingerprint density at radius 3 is 2.21 bits per heavy atom. The van der Waals surface area contributed by atoms with Crippen LogP contribution < -0.4 is 5.56 Å². The summed E-state index contributed by atoms with van der Waals surface area (Å²) in [4.78, 5) is 28.2. The van der Waals surface area contributed by atoms with Gasteiger partial charge in [-0.25, -0.2) is 4.68 Å². The number of rotatable bonds is 5. The van der Waals surface area contributed by atoms with Gasteiger partial charge in [0.25, 0.3) is 5.56 Å². The Kier molecular flexibility index (Phi) is 5.88. The normalized spacial score (nSPS) is 15.1. The van der Waals surface area contributed by atoms with E-state index in [-0.39, 0.29) is 17.3 Å². The number of nitrogens with zero attached hydrogens (tertiary/aromatic N) is 3. The van der Waals surface area contributed by atoms with Crippen LogP contribution in [0.5, 0.6) is 0 Å². The fourth-order valence-corrected chi connectivity index (χ4v) is 4.62. The number of hydrogen-bond donors (Lipinski definition) is 0. The van der Waals surface area contributed by atoms with Crippen molar-refractivity contribution in [3.63, 3.8) is 0 Å². The maximum absolute atomic E-state index is 13.2. The highest BCUT2D eigenvalue weighted by Crippen LogP contribution is 2.26. The predicted molar refractivity (Wildman–Crippen MR) is 131 cm³/mol. The summed E-state index contributed by atoms with van der Waals surface area (Å²) in [6, 6.07) is 25.4. The summed E-state index contributed by atoms with van der Waals surface area (Å²) < 4.78 is 1.58. The molecule has 1 aliphatic rings. The molecule has 0 atom stereocenters. The summed E-state index contributed by atoms with van der Waals surface area (Å²) in [5.41, 5.74) is 3.71. The molecule has 0 aliphatic carbocycles. The number of aryl methyl sites for hydroxylation is 1. The third-order valence-corrected chi connectivity index (χ3v) is 6.54. The Morgan fingerprint density at radius 1 is 0.879 bits per heavy atom. The van der Waals surface area contributed by atoms with Crippen molar-refractivity contribution in [1.82, 2.24) is 14.7 Å². The van der Waals surface area contributed by atoms with Crippen molar-refractivity contribution in [2.75, 3.05) is 13.1 Å². The average molecular weight is 438 g/mol. The number of likely N-dealkylation sites (tertiary alicyclic amines) is 1. The van der Waals surface area contributed by atoms with E-state index in [4.69, 9.17) is 5.10 Å². The van der Waals surface area contributed by atoms with Gasteiger partial charge in [0.15, 0.2) is 5.78 Å². The van der Waals surface area contributed by atoms with Gasteiger partial charge in [-0.1, -0.05) is 78.4 Å². The molecule has 1 aromatic heterocycles. The molecule has 0 amide bonds. The molecule has 2 heterocycles. The minimum atomic E-state index is -0.0797. The first-order chi connectivity index (χ1) is 16.1. The summed E-state index contributed by atoms with van der Waals surface area (Å²) in [6.07, 6.45) is 1.59. The Morgan fingerprint density at radius 2 is 1.52 bits per heavy atom. The van der Waals surface area contributed by atoms with Gasteiger partial charge in [0.2, 0.25) is 0 Å². The summed E-state index contributed by atoms with van der Waals surface area (Å²) in [6.45, 7) is 4.02. The first kappa shape index (κ1) is 21.3. The number of benzene rings is 3. The van der Waals surface area contributed by atoms with Crippen LogP contribution in [0.2, 0.25) is 0 Å². The molecular weight excluding hydrogens is 410 g/mol. The average Bonchev–Trinajstić information content (AvgIpc) is 2.87. The van der Waals surface area contributed by atoms with Gasteiger partial charge in [-0.2, -0.15) is 5.10 Å². The molecule has 33 heavy (non-hydrogen) atoms. The third kappa shape index (κ3) is 4.37. The highest BCUT2D eigenvalue weighted by molar-refractivity contribution is 5.98. The maximum Gasteiger partial charge on any atom is 0.275 e. The lowest BCUT2D eigenvalue weighted by molar-refractivity contribution is 0.0802. The molecule has 0 unspecified atom stereocenters. The number of carbonyl (C=O) groups is 1. The van der Waals surface area contributed by atoms with Crippen LogP contribution >= 0.6 is 0 Å². The summed E-state index contributed by atoms with van der Waals surface area (Å²) in [7, 11) is 0. The van der Waals surface area contributed by atoms with Crippen LogP contribution in [0.25, 0.3) is 22.0 Å². The minimum absolute atomic E-state index is 0.0352. The molecule has 0 bridgehead atoms. The third-order valence-electron chi connectivity index (χ3n) is 6.54. The zero-order valence-corrected chi connectivity index (χ0v) is 18.8. The van der Waals surface area contributed by atoms with Crippen molar-refractivity contribution in [2.45, 2.75) is 26.4 Å². The van der Waals surface area contributed by atoms with Crippen LogP contribution in [0, 0.1) is 12.8 Å². The minimum Gasteiger partial charge on any atom is -0.294 e. The van der Waals surface area contributed by atoms with Crippen LogP contribution in [0.4, 0.5) is 0 Å². The van der Waals surface area contributed by atoms with E-state index >= 15 is 0 Å². The lowest BCUT2D eigenvalue weighted by atomic mass is 9.89. The van der Waals surface area contributed by atoms with Crippen LogP contribution in [-0.4, -0.2) is 33.6 Å². The first-order valence-electron chi connectivity index (χ1n) is 11.5. The molecular formula is C28H27N3O2. The summed E-state index contributed by atoms with van der Waals surface area (Å²) >= 11 is 0. The SMILES string of the molecule is Cc1ccc(-c2nn(CN3CCC(C(=O)c4ccccc4)CC3)c(=O)c3ccccc23)cc1. The molecule has 166 valence electrons. The van der Waals surface area contributed by atoms with Gasteiger partial charge >= 0.3 is 0 Å². The van der Waals surface area contributed by atoms with Gasteiger partial charge in [0, 0.05) is 35.5 Å². The Bertz CT molecular complexity index is 1340. The van der Waals surface area contributed by atoms with Gasteiger partial charge in [0.1, 0.15) is 0 Å². The fourth-order valence-electron chi connectivity index (χ4n) is 4.62. The van der Waals surface area contributed by atoms with E-state index in [1.807, 2.05) is 54.6 Å². The largest absolute Gasteiger partial charge is 0.294 e. The number of ketones is 1. The van der Waals surface area contributed by atoms with E-state index in [1.54, 1.807) is 4.68 Å². The Balaban J connectivity index is 1.39. The smallest absolute Gasteiger partial charge is 0.275 e. The molecule has 1 saturated heterocycles. The topological polar surface area (TPSA) is 55.2 Å². The Hall–Kier alpha value is -3.57. The van der Waals surface area contributed by atoms with E-state index in [0.717, 1.165) is 48.1 Å². The van der Waals surface area contributed by atoms with Crippen LogP contribution in [0.1, 0.15) is 28.8 Å². The van der Waals surface area contributed by atoms with Crippen molar-refractivity contribution in [2.24, 2.45) is 5.92 Å². The number of piperidine rings is 1. The second kappa shape index (κ2) is 9.12. The van der Waals surface area contributed by atoms with Crippen LogP contribution in [-0.2, 0) is 6.67 Å². The molecule has 0 N–H and O–H groups in total. The zero-order chi connectivity index (χ0) is 22.8. The fraction of sp³-hybridized carbons (Fsp3) is 0.250. The molecule has 5 nitrogen and oxygen atoms in total. The first-order valence-corrected chi connectivity index (χ1v) is 11.5. The van der Waals surface area contributed by atoms with Crippen molar-refractivity contribution in [1.29, 1.82) is 0 Å².